The van der Waals surface area contributed by atoms with Gasteiger partial charge in [0, 0.05) is 43.7 Å². The minimum atomic E-state index is -2.73. The number of phenols is 1. The number of benzene rings is 1. The Morgan fingerprint density at radius 3 is 2.13 bits per heavy atom. The van der Waals surface area contributed by atoms with Gasteiger partial charge in [0.15, 0.2) is 11.4 Å². The van der Waals surface area contributed by atoms with Crippen molar-refractivity contribution in [1.29, 1.82) is 0 Å². The summed E-state index contributed by atoms with van der Waals surface area (Å²) in [5.41, 5.74) is 2.11. The van der Waals surface area contributed by atoms with Crippen LogP contribution in [0.2, 0.25) is 0 Å². The Morgan fingerprint density at radius 2 is 1.65 bits per heavy atom. The van der Waals surface area contributed by atoms with Crippen LogP contribution in [0.4, 0.5) is 11.4 Å². The average molecular weight is 646 g/mol. The molecule has 3 aliphatic carbocycles. The number of ketones is 2. The SMILES string of the molecule is CC(=O)O.CN(C)c1cc(NC(=O)CNC(C)(C)C)c(O)c2c1CC1CC3[C@H](N(C)C)C(=O)C(C(N)=O)=C(O)[C@@]3(O)C(=O)C1=C2O. The quantitative estimate of drug-likeness (QED) is 0.155. The van der Waals surface area contributed by atoms with Gasteiger partial charge in [0.25, 0.3) is 11.9 Å². The highest BCUT2D eigenvalue weighted by molar-refractivity contribution is 6.24. The topological polar surface area (TPSA) is 243 Å². The van der Waals surface area contributed by atoms with Crippen LogP contribution in [-0.4, -0.2) is 112 Å². The van der Waals surface area contributed by atoms with Crippen molar-refractivity contribution in [3.8, 4) is 5.75 Å². The Kier molecular flexibility index (Phi) is 9.96. The van der Waals surface area contributed by atoms with E-state index in [4.69, 9.17) is 15.6 Å². The monoisotopic (exact) mass is 645 g/mol. The van der Waals surface area contributed by atoms with E-state index >= 15 is 0 Å². The van der Waals surface area contributed by atoms with E-state index in [1.807, 2.05) is 20.8 Å². The number of anilines is 2. The van der Waals surface area contributed by atoms with E-state index in [0.717, 1.165) is 6.92 Å². The molecule has 1 aromatic rings. The zero-order valence-corrected chi connectivity index (χ0v) is 27.2. The van der Waals surface area contributed by atoms with Crippen LogP contribution in [0.1, 0.15) is 45.2 Å². The number of carbonyl (C=O) groups excluding carboxylic acids is 4. The fraction of sp³-hybridized carbons (Fsp3) is 0.516. The van der Waals surface area contributed by atoms with E-state index < -0.39 is 75.7 Å². The molecule has 0 aliphatic heterocycles. The number of Topliss-reactive ketones (excluding diaryl/α,β-unsaturated/α-hetero) is 2. The number of carboxylic acids is 1. The first-order valence-corrected chi connectivity index (χ1v) is 14.5. The second-order valence-electron chi connectivity index (χ2n) is 13.2. The molecule has 15 heteroatoms. The minimum absolute atomic E-state index is 0.00158. The first-order valence-electron chi connectivity index (χ1n) is 14.5. The highest BCUT2D eigenvalue weighted by atomic mass is 16.4. The Balaban J connectivity index is 0.00000136. The molecule has 4 atom stereocenters. The van der Waals surface area contributed by atoms with Gasteiger partial charge < -0.3 is 46.8 Å². The van der Waals surface area contributed by atoms with Crippen molar-refractivity contribution in [3.05, 3.63) is 34.1 Å². The third-order valence-electron chi connectivity index (χ3n) is 8.23. The summed E-state index contributed by atoms with van der Waals surface area (Å²) in [6, 6.07) is 0.409. The number of hydrogen-bond donors (Lipinski definition) is 8. The van der Waals surface area contributed by atoms with Crippen LogP contribution in [0, 0.1) is 11.8 Å². The number of hydrogen-bond acceptors (Lipinski definition) is 12. The van der Waals surface area contributed by atoms with Crippen LogP contribution >= 0.6 is 0 Å². The van der Waals surface area contributed by atoms with Crippen LogP contribution in [0.5, 0.6) is 5.75 Å². The number of carbonyl (C=O) groups is 5. The largest absolute Gasteiger partial charge is 0.508 e. The number of nitrogens with one attached hydrogen (secondary N) is 2. The average Bonchev–Trinajstić information content (AvgIpc) is 2.89. The summed E-state index contributed by atoms with van der Waals surface area (Å²) in [4.78, 5) is 64.3. The summed E-state index contributed by atoms with van der Waals surface area (Å²) in [6.07, 6.45) is 0.117. The van der Waals surface area contributed by atoms with Gasteiger partial charge in [-0.1, -0.05) is 0 Å². The van der Waals surface area contributed by atoms with Gasteiger partial charge in [-0.15, -0.1) is 0 Å². The van der Waals surface area contributed by atoms with E-state index in [-0.39, 0.29) is 41.7 Å². The molecule has 0 spiro atoms. The number of amides is 2. The van der Waals surface area contributed by atoms with Gasteiger partial charge in [-0.05, 0) is 65.3 Å². The molecule has 1 aromatic carbocycles. The van der Waals surface area contributed by atoms with Crippen LogP contribution in [0.25, 0.3) is 5.76 Å². The van der Waals surface area contributed by atoms with E-state index in [2.05, 4.69) is 10.6 Å². The van der Waals surface area contributed by atoms with Crippen LogP contribution in [0.15, 0.2) is 23.0 Å². The molecule has 46 heavy (non-hydrogen) atoms. The molecule has 0 saturated heterocycles. The number of aliphatic carboxylic acids is 1. The van der Waals surface area contributed by atoms with Crippen molar-refractivity contribution in [1.82, 2.24) is 10.2 Å². The maximum absolute atomic E-state index is 14.0. The number of nitrogens with two attached hydrogens (primary N) is 1. The number of phenolic OH excluding ortho intramolecular Hbond substituents is 1. The number of aliphatic hydroxyl groups is 3. The molecule has 0 bridgehead atoms. The Labute approximate surface area is 266 Å². The lowest BCUT2D eigenvalue weighted by Crippen LogP contribution is -2.65. The summed E-state index contributed by atoms with van der Waals surface area (Å²) < 4.78 is 0. The fourth-order valence-electron chi connectivity index (χ4n) is 6.33. The summed E-state index contributed by atoms with van der Waals surface area (Å²) in [6.45, 7) is 6.70. The molecule has 2 unspecified atom stereocenters. The minimum Gasteiger partial charge on any atom is -0.508 e. The van der Waals surface area contributed by atoms with Crippen molar-refractivity contribution in [2.45, 2.75) is 57.7 Å². The Hall–Kier alpha value is -4.47. The first-order chi connectivity index (χ1) is 21.1. The molecule has 4 rings (SSSR count). The number of primary amides is 1. The van der Waals surface area contributed by atoms with Crippen molar-refractivity contribution >= 4 is 46.5 Å². The van der Waals surface area contributed by atoms with Crippen molar-refractivity contribution in [2.24, 2.45) is 17.6 Å². The van der Waals surface area contributed by atoms with Crippen molar-refractivity contribution in [3.63, 3.8) is 0 Å². The first kappa shape index (κ1) is 36.0. The van der Waals surface area contributed by atoms with E-state index in [1.54, 1.807) is 39.2 Å². The normalized spacial score (nSPS) is 24.0. The van der Waals surface area contributed by atoms with Gasteiger partial charge in [-0.3, -0.25) is 28.9 Å². The van der Waals surface area contributed by atoms with Gasteiger partial charge >= 0.3 is 0 Å². The maximum atomic E-state index is 14.0. The maximum Gasteiger partial charge on any atom is 0.300 e. The molecule has 2 amide bonds. The lowest BCUT2D eigenvalue weighted by Gasteiger charge is -2.50. The van der Waals surface area contributed by atoms with E-state index in [1.165, 1.54) is 4.90 Å². The molecule has 9 N–H and O–H groups in total. The van der Waals surface area contributed by atoms with Crippen LogP contribution in [-0.2, 0) is 30.4 Å². The molecular weight excluding hydrogens is 602 g/mol. The van der Waals surface area contributed by atoms with Gasteiger partial charge in [0.2, 0.25) is 11.7 Å². The number of fused-ring (bicyclic) bond motifs is 3. The zero-order valence-electron chi connectivity index (χ0n) is 27.2. The molecule has 0 radical (unpaired) electrons. The number of aromatic hydroxyl groups is 1. The molecule has 3 aliphatic rings. The molecule has 1 fully saturated rings. The summed E-state index contributed by atoms with van der Waals surface area (Å²) in [5, 5.41) is 58.7. The molecule has 0 aromatic heterocycles. The van der Waals surface area contributed by atoms with Crippen molar-refractivity contribution in [2.75, 3.05) is 45.0 Å². The molecule has 252 valence electrons. The number of aliphatic hydroxyl groups excluding tert-OH is 2. The van der Waals surface area contributed by atoms with Gasteiger partial charge in [-0.25, -0.2) is 0 Å². The third kappa shape index (κ3) is 6.43. The number of carboxylic acid groups (broad SMARTS) is 1. The number of nitrogens with zero attached hydrogens (tertiary/aromatic N) is 2. The summed E-state index contributed by atoms with van der Waals surface area (Å²) >= 11 is 0. The second kappa shape index (κ2) is 12.7. The molecule has 15 nitrogen and oxygen atoms in total. The Bertz CT molecular complexity index is 1550. The predicted molar refractivity (Wildman–Crippen MR) is 168 cm³/mol. The molecule has 0 heterocycles. The molecular formula is C31H43N5O10. The highest BCUT2D eigenvalue weighted by Gasteiger charge is 2.64. The summed E-state index contributed by atoms with van der Waals surface area (Å²) in [5.74, 6) is -8.62. The highest BCUT2D eigenvalue weighted by Crippen LogP contribution is 2.54. The number of likely N-dealkylation sites (N-methyl/N-ethyl adjacent to an activating group) is 1. The zero-order chi connectivity index (χ0) is 35.2. The lowest BCUT2D eigenvalue weighted by molar-refractivity contribution is -0.153. The summed E-state index contributed by atoms with van der Waals surface area (Å²) in [7, 11) is 6.58. The smallest absolute Gasteiger partial charge is 0.300 e. The molecule has 1 saturated carbocycles. The Morgan fingerprint density at radius 1 is 1.09 bits per heavy atom. The predicted octanol–water partition coefficient (Wildman–Crippen LogP) is 0.448. The number of rotatable bonds is 6. The van der Waals surface area contributed by atoms with Gasteiger partial charge in [0.1, 0.15) is 22.8 Å². The van der Waals surface area contributed by atoms with Crippen LogP contribution < -0.4 is 21.3 Å². The lowest BCUT2D eigenvalue weighted by atomic mass is 9.57. The van der Waals surface area contributed by atoms with Crippen molar-refractivity contribution < 1.29 is 49.5 Å². The van der Waals surface area contributed by atoms with Gasteiger partial charge in [-0.2, -0.15) is 0 Å². The third-order valence-corrected chi connectivity index (χ3v) is 8.23. The standard InChI is InChI=1S/C29H39N5O8.C2H4O2/c1-28(2,3)31-11-17(35)32-15-10-16(33(4)5)13-8-12-9-14-21(34(6)7)24(38)20(27(30)41)26(40)29(14,42)25(39)18(12)23(37)19(13)22(15)36;1-2(3)4/h10,12,14,21,31,36-37,40,42H,8-9,11H2,1-7H3,(H2,30,41)(H,32,35);1H3,(H,3,4)/t12?,14?,21-,29-;/m0./s1. The van der Waals surface area contributed by atoms with E-state index in [9.17, 15) is 39.6 Å². The fourth-order valence-corrected chi connectivity index (χ4v) is 6.33. The second-order valence-corrected chi connectivity index (χ2v) is 13.2. The van der Waals surface area contributed by atoms with Gasteiger partial charge in [0.05, 0.1) is 23.8 Å². The van der Waals surface area contributed by atoms with Crippen LogP contribution in [0.3, 0.4) is 0 Å². The van der Waals surface area contributed by atoms with E-state index in [0.29, 0.717) is 11.3 Å².